The second-order valence-electron chi connectivity index (χ2n) is 7.21. The second-order valence-corrected chi connectivity index (χ2v) is 9.20. The molecule has 4 aromatic rings. The molecule has 0 saturated heterocycles. The van der Waals surface area contributed by atoms with E-state index in [0.717, 1.165) is 46.4 Å². The van der Waals surface area contributed by atoms with Crippen LogP contribution in [-0.2, 0) is 24.2 Å². The Hall–Kier alpha value is -3.04. The molecule has 0 aliphatic heterocycles. The van der Waals surface area contributed by atoms with E-state index in [1.54, 1.807) is 10.8 Å². The van der Waals surface area contributed by atoms with Gasteiger partial charge in [0.05, 0.1) is 28.2 Å². The first-order chi connectivity index (χ1) is 15.2. The molecular weight excluding hydrogens is 430 g/mol. The molecule has 0 radical (unpaired) electrons. The third-order valence-electron chi connectivity index (χ3n) is 5.13. The average Bonchev–Trinajstić information content (AvgIpc) is 3.42. The standard InChI is InChI=1S/C22H19N5O2S2/c28-19(25-21-24-16-8-1-2-10-18(16)31-21)13-30-20-15-7-5-9-17(15)27(22(29)26-20)12-14-6-3-4-11-23-14/h1-4,6,8,10-11H,5,7,9,12-13H2,(H,24,25,28). The summed E-state index contributed by atoms with van der Waals surface area (Å²) < 4.78 is 2.75. The summed E-state index contributed by atoms with van der Waals surface area (Å²) >= 11 is 2.76. The van der Waals surface area contributed by atoms with Crippen molar-refractivity contribution in [2.75, 3.05) is 11.1 Å². The van der Waals surface area contributed by atoms with Crippen molar-refractivity contribution in [3.05, 3.63) is 76.1 Å². The van der Waals surface area contributed by atoms with Gasteiger partial charge in [0.2, 0.25) is 5.91 Å². The highest BCUT2D eigenvalue weighted by Gasteiger charge is 2.23. The number of para-hydroxylation sites is 1. The quantitative estimate of drug-likeness (QED) is 0.358. The summed E-state index contributed by atoms with van der Waals surface area (Å²) in [7, 11) is 0. The molecule has 3 heterocycles. The number of benzene rings is 1. The summed E-state index contributed by atoms with van der Waals surface area (Å²) in [5.74, 6) is 0.0225. The third kappa shape index (κ3) is 4.24. The van der Waals surface area contributed by atoms with Gasteiger partial charge in [0, 0.05) is 17.5 Å². The molecule has 3 aromatic heterocycles. The van der Waals surface area contributed by atoms with Crippen molar-refractivity contribution in [2.45, 2.75) is 30.8 Å². The predicted octanol–water partition coefficient (Wildman–Crippen LogP) is 3.52. The van der Waals surface area contributed by atoms with Gasteiger partial charge in [0.15, 0.2) is 5.13 Å². The van der Waals surface area contributed by atoms with Crippen molar-refractivity contribution in [1.82, 2.24) is 19.5 Å². The number of rotatable bonds is 6. The first kappa shape index (κ1) is 19.9. The molecule has 1 N–H and O–H groups in total. The fourth-order valence-electron chi connectivity index (χ4n) is 3.74. The number of thiazole rings is 1. The van der Waals surface area contributed by atoms with Crippen molar-refractivity contribution in [3.8, 4) is 0 Å². The summed E-state index contributed by atoms with van der Waals surface area (Å²) in [6.07, 6.45) is 4.41. The van der Waals surface area contributed by atoms with Crippen molar-refractivity contribution in [2.24, 2.45) is 0 Å². The van der Waals surface area contributed by atoms with Crippen molar-refractivity contribution < 1.29 is 4.79 Å². The number of fused-ring (bicyclic) bond motifs is 2. The fourth-order valence-corrected chi connectivity index (χ4v) is 5.50. The highest BCUT2D eigenvalue weighted by molar-refractivity contribution is 8.00. The molecule has 5 rings (SSSR count). The minimum absolute atomic E-state index is 0.157. The summed E-state index contributed by atoms with van der Waals surface area (Å²) in [5, 5.41) is 4.10. The number of thioether (sulfide) groups is 1. The van der Waals surface area contributed by atoms with Gasteiger partial charge in [-0.3, -0.25) is 14.3 Å². The maximum absolute atomic E-state index is 12.7. The van der Waals surface area contributed by atoms with E-state index in [0.29, 0.717) is 16.7 Å². The van der Waals surface area contributed by atoms with E-state index in [-0.39, 0.29) is 17.3 Å². The molecular formula is C22H19N5O2S2. The van der Waals surface area contributed by atoms with Crippen molar-refractivity contribution in [1.29, 1.82) is 0 Å². The lowest BCUT2D eigenvalue weighted by molar-refractivity contribution is -0.113. The molecule has 0 unspecified atom stereocenters. The Morgan fingerprint density at radius 3 is 2.84 bits per heavy atom. The van der Waals surface area contributed by atoms with E-state index in [2.05, 4.69) is 20.3 Å². The zero-order chi connectivity index (χ0) is 21.2. The Morgan fingerprint density at radius 1 is 1.13 bits per heavy atom. The zero-order valence-electron chi connectivity index (χ0n) is 16.6. The van der Waals surface area contributed by atoms with E-state index in [1.807, 2.05) is 42.5 Å². The van der Waals surface area contributed by atoms with Crippen LogP contribution in [0.4, 0.5) is 5.13 Å². The highest BCUT2D eigenvalue weighted by atomic mass is 32.2. The van der Waals surface area contributed by atoms with Crippen LogP contribution in [0.25, 0.3) is 10.2 Å². The Morgan fingerprint density at radius 2 is 2.00 bits per heavy atom. The molecule has 1 aromatic carbocycles. The van der Waals surface area contributed by atoms with Gasteiger partial charge in [0.25, 0.3) is 0 Å². The van der Waals surface area contributed by atoms with Crippen LogP contribution in [0.1, 0.15) is 23.4 Å². The van der Waals surface area contributed by atoms with Crippen LogP contribution in [-0.4, -0.2) is 31.2 Å². The van der Waals surface area contributed by atoms with Crippen molar-refractivity contribution in [3.63, 3.8) is 0 Å². The first-order valence-electron chi connectivity index (χ1n) is 9.98. The lowest BCUT2D eigenvalue weighted by Gasteiger charge is -2.13. The number of amides is 1. The molecule has 1 aliphatic rings. The van der Waals surface area contributed by atoms with E-state index in [1.165, 1.54) is 23.1 Å². The molecule has 0 bridgehead atoms. The lowest BCUT2D eigenvalue weighted by Crippen LogP contribution is -2.28. The summed E-state index contributed by atoms with van der Waals surface area (Å²) in [4.78, 5) is 38.3. The Balaban J connectivity index is 1.31. The number of pyridine rings is 1. The van der Waals surface area contributed by atoms with E-state index < -0.39 is 0 Å². The minimum Gasteiger partial charge on any atom is -0.301 e. The SMILES string of the molecule is O=C(CSc1nc(=O)n(Cc2ccccn2)c2c1CCC2)Nc1nc2ccccc2s1. The smallest absolute Gasteiger partial charge is 0.301 e. The van der Waals surface area contributed by atoms with Gasteiger partial charge in [0.1, 0.15) is 5.03 Å². The molecule has 0 atom stereocenters. The van der Waals surface area contributed by atoms with E-state index in [4.69, 9.17) is 0 Å². The van der Waals surface area contributed by atoms with Gasteiger partial charge >= 0.3 is 5.69 Å². The van der Waals surface area contributed by atoms with Crippen LogP contribution < -0.4 is 11.0 Å². The van der Waals surface area contributed by atoms with Crippen LogP contribution in [0.5, 0.6) is 0 Å². The third-order valence-corrected chi connectivity index (χ3v) is 7.10. The number of aromatic nitrogens is 4. The number of carbonyl (C=O) groups excluding carboxylic acids is 1. The molecule has 31 heavy (non-hydrogen) atoms. The number of anilines is 1. The topological polar surface area (TPSA) is 89.8 Å². The first-order valence-corrected chi connectivity index (χ1v) is 11.8. The van der Waals surface area contributed by atoms with E-state index in [9.17, 15) is 9.59 Å². The number of carbonyl (C=O) groups is 1. The predicted molar refractivity (Wildman–Crippen MR) is 123 cm³/mol. The lowest BCUT2D eigenvalue weighted by atomic mass is 10.2. The normalized spacial score (nSPS) is 12.8. The zero-order valence-corrected chi connectivity index (χ0v) is 18.2. The Bertz CT molecular complexity index is 1280. The summed E-state index contributed by atoms with van der Waals surface area (Å²) in [6.45, 7) is 0.415. The maximum atomic E-state index is 12.7. The number of hydrogen-bond acceptors (Lipinski definition) is 7. The molecule has 1 amide bonds. The summed E-state index contributed by atoms with van der Waals surface area (Å²) in [6, 6.07) is 13.4. The van der Waals surface area contributed by atoms with Crippen LogP contribution in [0, 0.1) is 0 Å². The minimum atomic E-state index is -0.291. The Labute approximate surface area is 186 Å². The number of nitrogens with zero attached hydrogens (tertiary/aromatic N) is 4. The molecule has 0 saturated carbocycles. The van der Waals surface area contributed by atoms with Crippen molar-refractivity contribution >= 4 is 44.4 Å². The monoisotopic (exact) mass is 449 g/mol. The molecule has 1 aliphatic carbocycles. The number of nitrogens with one attached hydrogen (secondary N) is 1. The van der Waals surface area contributed by atoms with E-state index >= 15 is 0 Å². The Kier molecular flexibility index (Phi) is 5.52. The largest absolute Gasteiger partial charge is 0.349 e. The van der Waals surface area contributed by atoms with Crippen LogP contribution >= 0.6 is 23.1 Å². The van der Waals surface area contributed by atoms with Crippen LogP contribution in [0.3, 0.4) is 0 Å². The van der Waals surface area contributed by atoms with Gasteiger partial charge in [-0.15, -0.1) is 0 Å². The average molecular weight is 450 g/mol. The molecule has 0 fully saturated rings. The number of hydrogen-bond donors (Lipinski definition) is 1. The van der Waals surface area contributed by atoms with Gasteiger partial charge in [-0.1, -0.05) is 41.3 Å². The fraction of sp³-hybridized carbons (Fsp3) is 0.227. The molecule has 7 nitrogen and oxygen atoms in total. The molecule has 0 spiro atoms. The van der Waals surface area contributed by atoms with Gasteiger partial charge in [-0.2, -0.15) is 4.98 Å². The highest BCUT2D eigenvalue weighted by Crippen LogP contribution is 2.30. The molecule has 156 valence electrons. The van der Waals surface area contributed by atoms with Crippen LogP contribution in [0.15, 0.2) is 58.5 Å². The van der Waals surface area contributed by atoms with Crippen LogP contribution in [0.2, 0.25) is 0 Å². The second kappa shape index (κ2) is 8.60. The summed E-state index contributed by atoms with van der Waals surface area (Å²) in [5.41, 5.74) is 3.50. The van der Waals surface area contributed by atoms with Gasteiger partial charge < -0.3 is 5.32 Å². The maximum Gasteiger partial charge on any atom is 0.349 e. The molecule has 9 heteroatoms. The van der Waals surface area contributed by atoms with Gasteiger partial charge in [-0.25, -0.2) is 9.78 Å². The van der Waals surface area contributed by atoms with Gasteiger partial charge in [-0.05, 0) is 43.5 Å².